The number of nitrogens with zero attached hydrogens (tertiary/aromatic N) is 3. The van der Waals surface area contributed by atoms with Gasteiger partial charge in [0.2, 0.25) is 0 Å². The van der Waals surface area contributed by atoms with Gasteiger partial charge in [0.15, 0.2) is 0 Å². The Morgan fingerprint density at radius 1 is 0.906 bits per heavy atom. The van der Waals surface area contributed by atoms with Gasteiger partial charge in [0, 0.05) is 18.0 Å². The molecule has 1 aliphatic rings. The number of nitriles is 1. The van der Waals surface area contributed by atoms with E-state index in [-0.39, 0.29) is 5.92 Å². The molecular weight excluding hydrogens is 400 g/mol. The Labute approximate surface area is 187 Å². The van der Waals surface area contributed by atoms with Crippen molar-refractivity contribution in [3.05, 3.63) is 95.8 Å². The van der Waals surface area contributed by atoms with Gasteiger partial charge < -0.3 is 15.2 Å². The topological polar surface area (TPSA) is 83.9 Å². The maximum absolute atomic E-state index is 9.99. The molecule has 0 aliphatic carbocycles. The first-order chi connectivity index (χ1) is 15.6. The molecule has 6 nitrogen and oxygen atoms in total. The third-order valence-electron chi connectivity index (χ3n) is 5.49. The van der Waals surface area contributed by atoms with Crippen molar-refractivity contribution in [3.63, 3.8) is 0 Å². The lowest BCUT2D eigenvalue weighted by Gasteiger charge is -2.35. The van der Waals surface area contributed by atoms with Gasteiger partial charge in [-0.3, -0.25) is 4.90 Å². The lowest BCUT2D eigenvalue weighted by atomic mass is 9.85. The third-order valence-corrected chi connectivity index (χ3v) is 5.49. The SMILES string of the molecule is COc1ccc(N=C2CC(c3ccccc3)C(C#N)=C(N)N2c2ccc(OC)cc2)cc1. The van der Waals surface area contributed by atoms with Crippen molar-refractivity contribution in [1.82, 2.24) is 0 Å². The molecule has 0 radical (unpaired) electrons. The summed E-state index contributed by atoms with van der Waals surface area (Å²) < 4.78 is 10.5. The predicted molar refractivity (Wildman–Crippen MR) is 126 cm³/mol. The summed E-state index contributed by atoms with van der Waals surface area (Å²) in [5.41, 5.74) is 9.76. The van der Waals surface area contributed by atoms with Crippen LogP contribution in [0.15, 0.2) is 95.2 Å². The zero-order valence-electron chi connectivity index (χ0n) is 18.0. The number of aliphatic imine (C=N–C) groups is 1. The molecule has 3 aromatic rings. The molecule has 1 aliphatic heterocycles. The number of nitrogens with two attached hydrogens (primary N) is 1. The van der Waals surface area contributed by atoms with Crippen LogP contribution in [0.3, 0.4) is 0 Å². The molecule has 0 aromatic heterocycles. The van der Waals surface area contributed by atoms with E-state index in [9.17, 15) is 5.26 Å². The molecule has 1 unspecified atom stereocenters. The molecule has 160 valence electrons. The molecular formula is C26H24N4O2. The minimum absolute atomic E-state index is 0.173. The molecule has 0 saturated carbocycles. The summed E-state index contributed by atoms with van der Waals surface area (Å²) in [4.78, 5) is 6.77. The predicted octanol–water partition coefficient (Wildman–Crippen LogP) is 5.12. The van der Waals surface area contributed by atoms with E-state index in [1.165, 1.54) is 0 Å². The van der Waals surface area contributed by atoms with E-state index in [4.69, 9.17) is 20.2 Å². The maximum Gasteiger partial charge on any atom is 0.123 e. The smallest absolute Gasteiger partial charge is 0.123 e. The fraction of sp³-hybridized carbons (Fsp3) is 0.154. The van der Waals surface area contributed by atoms with E-state index in [0.29, 0.717) is 17.8 Å². The van der Waals surface area contributed by atoms with E-state index in [2.05, 4.69) is 6.07 Å². The van der Waals surface area contributed by atoms with E-state index in [1.807, 2.05) is 83.8 Å². The average Bonchev–Trinajstić information content (AvgIpc) is 2.85. The number of amidine groups is 1. The monoisotopic (exact) mass is 424 g/mol. The van der Waals surface area contributed by atoms with Crippen LogP contribution in [-0.2, 0) is 0 Å². The molecule has 0 saturated heterocycles. The minimum atomic E-state index is -0.173. The van der Waals surface area contributed by atoms with Crippen LogP contribution in [0, 0.1) is 11.3 Å². The summed E-state index contributed by atoms with van der Waals surface area (Å²) in [6.45, 7) is 0. The Bertz CT molecular complexity index is 1180. The number of anilines is 1. The van der Waals surface area contributed by atoms with Crippen LogP contribution in [0.5, 0.6) is 11.5 Å². The first kappa shape index (κ1) is 21.0. The van der Waals surface area contributed by atoms with Crippen molar-refractivity contribution in [2.24, 2.45) is 10.7 Å². The van der Waals surface area contributed by atoms with Crippen molar-refractivity contribution in [1.29, 1.82) is 5.26 Å². The second-order valence-corrected chi connectivity index (χ2v) is 7.34. The highest BCUT2D eigenvalue weighted by atomic mass is 16.5. The first-order valence-electron chi connectivity index (χ1n) is 10.2. The average molecular weight is 425 g/mol. The quantitative estimate of drug-likeness (QED) is 0.614. The molecule has 2 N–H and O–H groups in total. The second-order valence-electron chi connectivity index (χ2n) is 7.34. The van der Waals surface area contributed by atoms with Gasteiger partial charge in [0.1, 0.15) is 23.2 Å². The summed E-state index contributed by atoms with van der Waals surface area (Å²) in [7, 11) is 3.26. The minimum Gasteiger partial charge on any atom is -0.497 e. The highest BCUT2D eigenvalue weighted by Gasteiger charge is 2.33. The maximum atomic E-state index is 9.99. The van der Waals surface area contributed by atoms with Crippen LogP contribution in [0.25, 0.3) is 0 Å². The fourth-order valence-corrected chi connectivity index (χ4v) is 3.84. The number of rotatable bonds is 5. The molecule has 0 spiro atoms. The van der Waals surface area contributed by atoms with E-state index >= 15 is 0 Å². The van der Waals surface area contributed by atoms with E-state index in [1.54, 1.807) is 14.2 Å². The van der Waals surface area contributed by atoms with Crippen molar-refractivity contribution in [2.45, 2.75) is 12.3 Å². The van der Waals surface area contributed by atoms with Gasteiger partial charge in [-0.25, -0.2) is 4.99 Å². The molecule has 0 fully saturated rings. The summed E-state index contributed by atoms with van der Waals surface area (Å²) in [6.07, 6.45) is 0.533. The van der Waals surface area contributed by atoms with Gasteiger partial charge in [0.05, 0.1) is 31.5 Å². The fourth-order valence-electron chi connectivity index (χ4n) is 3.84. The van der Waals surface area contributed by atoms with Crippen LogP contribution in [0.4, 0.5) is 11.4 Å². The van der Waals surface area contributed by atoms with E-state index in [0.717, 1.165) is 34.3 Å². The van der Waals surface area contributed by atoms with Crippen molar-refractivity contribution in [3.8, 4) is 17.6 Å². The Kier molecular flexibility index (Phi) is 6.09. The van der Waals surface area contributed by atoms with Gasteiger partial charge in [-0.05, 0) is 54.1 Å². The molecule has 1 atom stereocenters. The molecule has 1 heterocycles. The van der Waals surface area contributed by atoms with Gasteiger partial charge in [-0.2, -0.15) is 5.26 Å². The molecule has 32 heavy (non-hydrogen) atoms. The number of ether oxygens (including phenoxy) is 2. The number of benzene rings is 3. The summed E-state index contributed by atoms with van der Waals surface area (Å²) in [5, 5.41) is 9.99. The van der Waals surface area contributed by atoms with Crippen LogP contribution in [0.1, 0.15) is 17.9 Å². The van der Waals surface area contributed by atoms with Gasteiger partial charge in [-0.1, -0.05) is 30.3 Å². The molecule has 6 heteroatoms. The van der Waals surface area contributed by atoms with Crippen molar-refractivity contribution < 1.29 is 9.47 Å². The van der Waals surface area contributed by atoms with Crippen LogP contribution >= 0.6 is 0 Å². The Hall–Kier alpha value is -4.24. The Balaban J connectivity index is 1.85. The Morgan fingerprint density at radius 3 is 2.06 bits per heavy atom. The standard InChI is InChI=1S/C26H24N4O2/c1-31-21-12-8-19(9-13-21)29-25-16-23(18-6-4-3-5-7-18)24(17-27)26(28)30(25)20-10-14-22(32-2)15-11-20/h3-15,23H,16,28H2,1-2H3. The molecule has 3 aromatic carbocycles. The second kappa shape index (κ2) is 9.27. The van der Waals surface area contributed by atoms with Crippen LogP contribution in [-0.4, -0.2) is 20.1 Å². The van der Waals surface area contributed by atoms with E-state index < -0.39 is 0 Å². The lowest BCUT2D eigenvalue weighted by molar-refractivity contribution is 0.415. The summed E-state index contributed by atoms with van der Waals surface area (Å²) >= 11 is 0. The number of hydrogen-bond acceptors (Lipinski definition) is 5. The highest BCUT2D eigenvalue weighted by molar-refractivity contribution is 6.04. The molecule has 4 rings (SSSR count). The molecule has 0 amide bonds. The highest BCUT2D eigenvalue weighted by Crippen LogP contribution is 2.38. The van der Waals surface area contributed by atoms with Gasteiger partial charge in [0.25, 0.3) is 0 Å². The van der Waals surface area contributed by atoms with Gasteiger partial charge in [-0.15, -0.1) is 0 Å². The zero-order valence-corrected chi connectivity index (χ0v) is 18.0. The summed E-state index contributed by atoms with van der Waals surface area (Å²) in [5.74, 6) is 2.46. The van der Waals surface area contributed by atoms with Crippen LogP contribution < -0.4 is 20.1 Å². The summed E-state index contributed by atoms with van der Waals surface area (Å²) in [6, 6.07) is 27.4. The van der Waals surface area contributed by atoms with Crippen molar-refractivity contribution >= 4 is 17.2 Å². The number of hydrogen-bond donors (Lipinski definition) is 1. The van der Waals surface area contributed by atoms with Crippen LogP contribution in [0.2, 0.25) is 0 Å². The number of methoxy groups -OCH3 is 2. The van der Waals surface area contributed by atoms with Crippen molar-refractivity contribution in [2.75, 3.05) is 19.1 Å². The zero-order chi connectivity index (χ0) is 22.5. The largest absolute Gasteiger partial charge is 0.497 e. The number of allylic oxidation sites excluding steroid dienone is 1. The molecule has 0 bridgehead atoms. The Morgan fingerprint density at radius 2 is 1.50 bits per heavy atom. The first-order valence-corrected chi connectivity index (χ1v) is 10.2. The third kappa shape index (κ3) is 4.14. The van der Waals surface area contributed by atoms with Gasteiger partial charge >= 0.3 is 0 Å². The lowest BCUT2D eigenvalue weighted by Crippen LogP contribution is -2.40. The normalized spacial score (nSPS) is 17.2.